The van der Waals surface area contributed by atoms with Crippen molar-refractivity contribution in [2.75, 3.05) is 7.11 Å². The van der Waals surface area contributed by atoms with Gasteiger partial charge in [-0.1, -0.05) is 37.1 Å². The SMILES string of the molecule is COc1ccc2cc([C@H](C)C(=O)NC3(CC(=O)O)CCCC3)ccc2c1. The summed E-state index contributed by atoms with van der Waals surface area (Å²) in [4.78, 5) is 24.0. The number of fused-ring (bicyclic) bond motifs is 1. The zero-order chi connectivity index (χ0) is 18.7. The Bertz CT molecular complexity index is 824. The van der Waals surface area contributed by atoms with Gasteiger partial charge in [0.15, 0.2) is 0 Å². The molecule has 0 unspecified atom stereocenters. The molecule has 0 radical (unpaired) electrons. The number of aliphatic carboxylic acids is 1. The lowest BCUT2D eigenvalue weighted by Crippen LogP contribution is -2.49. The number of carboxylic acid groups (broad SMARTS) is 1. The molecule has 5 nitrogen and oxygen atoms in total. The number of benzene rings is 2. The molecule has 0 aromatic heterocycles. The molecule has 0 bridgehead atoms. The molecule has 1 aliphatic carbocycles. The predicted octanol–water partition coefficient (Wildman–Crippen LogP) is 3.86. The number of rotatable bonds is 6. The van der Waals surface area contributed by atoms with E-state index in [1.165, 1.54) is 0 Å². The summed E-state index contributed by atoms with van der Waals surface area (Å²) < 4.78 is 5.24. The maximum Gasteiger partial charge on any atom is 0.305 e. The van der Waals surface area contributed by atoms with Crippen LogP contribution in [0.5, 0.6) is 5.75 Å². The van der Waals surface area contributed by atoms with Gasteiger partial charge >= 0.3 is 5.97 Å². The van der Waals surface area contributed by atoms with E-state index in [4.69, 9.17) is 4.74 Å². The smallest absolute Gasteiger partial charge is 0.305 e. The molecule has 2 aromatic rings. The van der Waals surface area contributed by atoms with Crippen LogP contribution in [0.25, 0.3) is 10.8 Å². The van der Waals surface area contributed by atoms with E-state index in [1.807, 2.05) is 43.3 Å². The van der Waals surface area contributed by atoms with Crippen LogP contribution >= 0.6 is 0 Å². The summed E-state index contributed by atoms with van der Waals surface area (Å²) in [7, 11) is 1.64. The minimum absolute atomic E-state index is 0.0109. The van der Waals surface area contributed by atoms with Gasteiger partial charge in [-0.3, -0.25) is 9.59 Å². The molecule has 5 heteroatoms. The molecule has 2 aromatic carbocycles. The normalized spacial score (nSPS) is 17.0. The molecule has 1 saturated carbocycles. The van der Waals surface area contributed by atoms with E-state index in [1.54, 1.807) is 7.11 Å². The monoisotopic (exact) mass is 355 g/mol. The number of nitrogens with one attached hydrogen (secondary N) is 1. The molecule has 1 fully saturated rings. The molecule has 1 amide bonds. The van der Waals surface area contributed by atoms with Crippen LogP contribution in [0.15, 0.2) is 36.4 Å². The van der Waals surface area contributed by atoms with Gasteiger partial charge in [-0.2, -0.15) is 0 Å². The molecule has 138 valence electrons. The van der Waals surface area contributed by atoms with E-state index in [0.717, 1.165) is 47.8 Å². The molecular weight excluding hydrogens is 330 g/mol. The summed E-state index contributed by atoms with van der Waals surface area (Å²) in [5.41, 5.74) is 0.324. The van der Waals surface area contributed by atoms with Gasteiger partial charge in [-0.15, -0.1) is 0 Å². The van der Waals surface area contributed by atoms with E-state index in [0.29, 0.717) is 0 Å². The number of ether oxygens (including phenoxy) is 1. The average molecular weight is 355 g/mol. The number of amides is 1. The standard InChI is InChI=1S/C21H25NO4/c1-14(20(25)22-21(13-19(23)24)9-3-4-10-21)15-5-6-17-12-18(26-2)8-7-16(17)11-15/h5-8,11-12,14H,3-4,9-10,13H2,1-2H3,(H,22,25)(H,23,24)/t14-/m0/s1. The highest BCUT2D eigenvalue weighted by Gasteiger charge is 2.38. The quantitative estimate of drug-likeness (QED) is 0.825. The van der Waals surface area contributed by atoms with E-state index in [2.05, 4.69) is 5.32 Å². The van der Waals surface area contributed by atoms with Crippen molar-refractivity contribution >= 4 is 22.6 Å². The van der Waals surface area contributed by atoms with Gasteiger partial charge in [-0.25, -0.2) is 0 Å². The van der Waals surface area contributed by atoms with Crippen LogP contribution in [0.1, 0.15) is 50.5 Å². The second kappa shape index (κ2) is 7.36. The van der Waals surface area contributed by atoms with Gasteiger partial charge in [0.1, 0.15) is 5.75 Å². The fourth-order valence-electron chi connectivity index (χ4n) is 3.85. The van der Waals surface area contributed by atoms with E-state index >= 15 is 0 Å². The lowest BCUT2D eigenvalue weighted by Gasteiger charge is -2.30. The number of carboxylic acids is 1. The fourth-order valence-corrected chi connectivity index (χ4v) is 3.85. The Morgan fingerprint density at radius 1 is 1.15 bits per heavy atom. The number of hydrogen-bond acceptors (Lipinski definition) is 3. The molecule has 0 aliphatic heterocycles. The van der Waals surface area contributed by atoms with Crippen molar-refractivity contribution in [3.63, 3.8) is 0 Å². The third-order valence-corrected chi connectivity index (χ3v) is 5.40. The number of methoxy groups -OCH3 is 1. The number of carbonyl (C=O) groups excluding carboxylic acids is 1. The van der Waals surface area contributed by atoms with Crippen LogP contribution in [-0.4, -0.2) is 29.6 Å². The summed E-state index contributed by atoms with van der Waals surface area (Å²) >= 11 is 0. The summed E-state index contributed by atoms with van der Waals surface area (Å²) in [5, 5.41) is 14.4. The summed E-state index contributed by atoms with van der Waals surface area (Å²) in [5.74, 6) is -0.513. The van der Waals surface area contributed by atoms with Gasteiger partial charge in [-0.05, 0) is 48.2 Å². The van der Waals surface area contributed by atoms with Crippen LogP contribution in [0.4, 0.5) is 0 Å². The van der Waals surface area contributed by atoms with E-state index < -0.39 is 11.5 Å². The molecule has 0 heterocycles. The Morgan fingerprint density at radius 3 is 2.46 bits per heavy atom. The van der Waals surface area contributed by atoms with Crippen molar-refractivity contribution in [1.29, 1.82) is 0 Å². The zero-order valence-corrected chi connectivity index (χ0v) is 15.2. The Labute approximate surface area is 153 Å². The fraction of sp³-hybridized carbons (Fsp3) is 0.429. The van der Waals surface area contributed by atoms with Crippen LogP contribution in [0.3, 0.4) is 0 Å². The van der Waals surface area contributed by atoms with E-state index in [9.17, 15) is 14.7 Å². The molecule has 1 aliphatic rings. The molecular formula is C21H25NO4. The maximum atomic E-state index is 12.8. The minimum atomic E-state index is -0.862. The highest BCUT2D eigenvalue weighted by molar-refractivity contribution is 5.89. The largest absolute Gasteiger partial charge is 0.497 e. The lowest BCUT2D eigenvalue weighted by molar-refractivity contribution is -0.139. The Hall–Kier alpha value is -2.56. The van der Waals surface area contributed by atoms with Crippen LogP contribution in [-0.2, 0) is 9.59 Å². The first-order valence-electron chi connectivity index (χ1n) is 9.04. The van der Waals surface area contributed by atoms with Gasteiger partial charge in [0.25, 0.3) is 0 Å². The molecule has 1 atom stereocenters. The van der Waals surface area contributed by atoms with Crippen LogP contribution in [0.2, 0.25) is 0 Å². The topological polar surface area (TPSA) is 75.6 Å². The molecule has 26 heavy (non-hydrogen) atoms. The zero-order valence-electron chi connectivity index (χ0n) is 15.2. The van der Waals surface area contributed by atoms with Crippen molar-refractivity contribution in [2.45, 2.75) is 50.5 Å². The van der Waals surface area contributed by atoms with Crippen molar-refractivity contribution in [1.82, 2.24) is 5.32 Å². The van der Waals surface area contributed by atoms with Gasteiger partial charge in [0, 0.05) is 0 Å². The Balaban J connectivity index is 1.79. The second-order valence-electron chi connectivity index (χ2n) is 7.24. The number of hydrogen-bond donors (Lipinski definition) is 2. The highest BCUT2D eigenvalue weighted by atomic mass is 16.5. The second-order valence-corrected chi connectivity index (χ2v) is 7.24. The van der Waals surface area contributed by atoms with Crippen LogP contribution < -0.4 is 10.1 Å². The third-order valence-electron chi connectivity index (χ3n) is 5.40. The summed E-state index contributed by atoms with van der Waals surface area (Å²) in [6.07, 6.45) is 3.37. The first-order chi connectivity index (χ1) is 12.4. The minimum Gasteiger partial charge on any atom is -0.497 e. The Morgan fingerprint density at radius 2 is 1.81 bits per heavy atom. The van der Waals surface area contributed by atoms with Gasteiger partial charge < -0.3 is 15.2 Å². The first-order valence-corrected chi connectivity index (χ1v) is 9.04. The average Bonchev–Trinajstić information content (AvgIpc) is 3.07. The number of carbonyl (C=O) groups is 2. The lowest BCUT2D eigenvalue weighted by atomic mass is 9.90. The van der Waals surface area contributed by atoms with Gasteiger partial charge in [0.05, 0.1) is 25.0 Å². The molecule has 0 spiro atoms. The summed E-state index contributed by atoms with van der Waals surface area (Å²) in [6, 6.07) is 11.8. The molecule has 2 N–H and O–H groups in total. The van der Waals surface area contributed by atoms with Crippen molar-refractivity contribution in [3.05, 3.63) is 42.0 Å². The highest BCUT2D eigenvalue weighted by Crippen LogP contribution is 2.34. The first kappa shape index (κ1) is 18.2. The van der Waals surface area contributed by atoms with Gasteiger partial charge in [0.2, 0.25) is 5.91 Å². The maximum absolute atomic E-state index is 12.8. The predicted molar refractivity (Wildman–Crippen MR) is 101 cm³/mol. The summed E-state index contributed by atoms with van der Waals surface area (Å²) in [6.45, 7) is 1.86. The van der Waals surface area contributed by atoms with Crippen LogP contribution in [0, 0.1) is 0 Å². The van der Waals surface area contributed by atoms with Crippen molar-refractivity contribution in [3.8, 4) is 5.75 Å². The Kier molecular flexibility index (Phi) is 5.16. The molecule has 0 saturated heterocycles. The third kappa shape index (κ3) is 3.82. The van der Waals surface area contributed by atoms with Crippen molar-refractivity contribution < 1.29 is 19.4 Å². The van der Waals surface area contributed by atoms with E-state index in [-0.39, 0.29) is 18.2 Å². The molecule has 3 rings (SSSR count). The van der Waals surface area contributed by atoms with Crippen molar-refractivity contribution in [2.24, 2.45) is 0 Å².